The van der Waals surface area contributed by atoms with Gasteiger partial charge in [-0.15, -0.1) is 0 Å². The smallest absolute Gasteiger partial charge is 0.305 e. The molecule has 2 fully saturated rings. The summed E-state index contributed by atoms with van der Waals surface area (Å²) in [6, 6.07) is 0. The Morgan fingerprint density at radius 1 is 1.29 bits per heavy atom. The summed E-state index contributed by atoms with van der Waals surface area (Å²) in [5.74, 6) is -0.481. The highest BCUT2D eigenvalue weighted by molar-refractivity contribution is 5.68. The topological polar surface area (TPSA) is 66.8 Å². The van der Waals surface area contributed by atoms with Crippen LogP contribution in [0, 0.1) is 17.3 Å². The van der Waals surface area contributed by atoms with Gasteiger partial charge in [0.25, 0.3) is 0 Å². The zero-order valence-corrected chi connectivity index (χ0v) is 17.6. The summed E-state index contributed by atoms with van der Waals surface area (Å²) in [4.78, 5) is 11.1. The normalized spacial score (nSPS) is 30.3. The highest BCUT2D eigenvalue weighted by Gasteiger charge is 2.42. The molecule has 5 heteroatoms. The van der Waals surface area contributed by atoms with Gasteiger partial charge in [0.15, 0.2) is 0 Å². The van der Waals surface area contributed by atoms with E-state index in [2.05, 4.69) is 11.7 Å². The second-order valence-corrected chi connectivity index (χ2v) is 8.84. The number of ether oxygens (including phenoxy) is 1. The van der Waals surface area contributed by atoms with E-state index < -0.39 is 12.3 Å². The molecule has 0 bridgehead atoms. The fraction of sp³-hybridized carbons (Fsp3) is 0.870. The van der Waals surface area contributed by atoms with Crippen LogP contribution in [0.5, 0.6) is 0 Å². The fourth-order valence-corrected chi connectivity index (χ4v) is 5.01. The Kier molecular flexibility index (Phi) is 9.42. The first-order valence-corrected chi connectivity index (χ1v) is 11.2. The monoisotopic (exact) mass is 398 g/mol. The van der Waals surface area contributed by atoms with E-state index in [1.807, 2.05) is 12.2 Å². The third kappa shape index (κ3) is 6.03. The van der Waals surface area contributed by atoms with E-state index in [9.17, 15) is 19.4 Å². The maximum atomic E-state index is 14.4. The van der Waals surface area contributed by atoms with Crippen LogP contribution in [0.4, 0.5) is 4.39 Å². The van der Waals surface area contributed by atoms with Crippen molar-refractivity contribution in [2.75, 3.05) is 7.11 Å². The fourth-order valence-electron chi connectivity index (χ4n) is 5.01. The Labute approximate surface area is 169 Å². The molecule has 0 aromatic carbocycles. The van der Waals surface area contributed by atoms with Gasteiger partial charge in [0.2, 0.25) is 0 Å². The molecular weight excluding hydrogens is 359 g/mol. The Hall–Kier alpha value is -0.940. The minimum atomic E-state index is -0.960. The molecule has 5 atom stereocenters. The maximum Gasteiger partial charge on any atom is 0.305 e. The highest BCUT2D eigenvalue weighted by atomic mass is 19.1. The minimum absolute atomic E-state index is 0.0743. The van der Waals surface area contributed by atoms with E-state index >= 15 is 0 Å². The van der Waals surface area contributed by atoms with Gasteiger partial charge in [0.1, 0.15) is 6.17 Å². The lowest BCUT2D eigenvalue weighted by molar-refractivity contribution is -0.140. The van der Waals surface area contributed by atoms with Gasteiger partial charge in [0, 0.05) is 18.8 Å². The van der Waals surface area contributed by atoms with Crippen LogP contribution in [0.1, 0.15) is 84.0 Å². The predicted octanol–water partition coefficient (Wildman–Crippen LogP) is 4.72. The Balaban J connectivity index is 1.75. The van der Waals surface area contributed by atoms with Gasteiger partial charge < -0.3 is 14.9 Å². The van der Waals surface area contributed by atoms with E-state index in [4.69, 9.17) is 0 Å². The molecule has 0 aromatic heterocycles. The summed E-state index contributed by atoms with van der Waals surface area (Å²) < 4.78 is 19.0. The second kappa shape index (κ2) is 11.3. The molecular formula is C23H39FO4. The van der Waals surface area contributed by atoms with Crippen molar-refractivity contribution in [2.24, 2.45) is 17.3 Å². The molecule has 0 heterocycles. The van der Waals surface area contributed by atoms with Crippen molar-refractivity contribution in [1.82, 2.24) is 0 Å². The van der Waals surface area contributed by atoms with Gasteiger partial charge in [-0.25, -0.2) is 4.39 Å². The summed E-state index contributed by atoms with van der Waals surface area (Å²) in [7, 11) is 1.40. The number of carbonyl (C=O) groups excluding carboxylic acids is 1. The third-order valence-electron chi connectivity index (χ3n) is 7.24. The average Bonchev–Trinajstić information content (AvgIpc) is 2.90. The molecule has 2 N–H and O–H groups in total. The molecule has 4 nitrogen and oxygen atoms in total. The van der Waals surface area contributed by atoms with Crippen LogP contribution in [-0.2, 0) is 9.53 Å². The van der Waals surface area contributed by atoms with Gasteiger partial charge in [0.05, 0.1) is 19.3 Å². The third-order valence-corrected chi connectivity index (χ3v) is 7.24. The molecule has 2 saturated carbocycles. The first-order chi connectivity index (χ1) is 13.4. The van der Waals surface area contributed by atoms with Crippen molar-refractivity contribution >= 4 is 5.97 Å². The number of unbranched alkanes of at least 4 members (excludes halogenated alkanes) is 3. The zero-order valence-electron chi connectivity index (χ0n) is 17.6. The van der Waals surface area contributed by atoms with Gasteiger partial charge in [-0.05, 0) is 49.9 Å². The number of halogens is 1. The number of methoxy groups -OCH3 is 1. The van der Waals surface area contributed by atoms with Crippen molar-refractivity contribution in [1.29, 1.82) is 0 Å². The van der Waals surface area contributed by atoms with Crippen molar-refractivity contribution in [3.05, 3.63) is 12.2 Å². The SMILES string of the molecule is CCC1(C(O)C/C=C/[C@H]2C(O)CC(F)[C@@H]2CCCCCCC(=O)OC)CCC1. The van der Waals surface area contributed by atoms with Crippen LogP contribution >= 0.6 is 0 Å². The Bertz CT molecular complexity index is 497. The molecule has 0 aliphatic heterocycles. The number of aliphatic hydroxyl groups excluding tert-OH is 2. The summed E-state index contributed by atoms with van der Waals surface area (Å²) in [5.41, 5.74) is 0.0743. The highest BCUT2D eigenvalue weighted by Crippen LogP contribution is 2.47. The molecule has 0 spiro atoms. The van der Waals surface area contributed by atoms with Crippen LogP contribution in [0.15, 0.2) is 12.2 Å². The number of hydrogen-bond acceptors (Lipinski definition) is 4. The van der Waals surface area contributed by atoms with Gasteiger partial charge in [-0.2, -0.15) is 0 Å². The van der Waals surface area contributed by atoms with Crippen LogP contribution < -0.4 is 0 Å². The first kappa shape index (κ1) is 23.3. The minimum Gasteiger partial charge on any atom is -0.469 e. The van der Waals surface area contributed by atoms with Gasteiger partial charge in [-0.1, -0.05) is 44.8 Å². The Morgan fingerprint density at radius 2 is 2.00 bits per heavy atom. The van der Waals surface area contributed by atoms with Gasteiger partial charge in [-0.3, -0.25) is 4.79 Å². The average molecular weight is 399 g/mol. The van der Waals surface area contributed by atoms with E-state index in [0.717, 1.165) is 51.4 Å². The summed E-state index contributed by atoms with van der Waals surface area (Å²) in [6.45, 7) is 2.14. The molecule has 162 valence electrons. The van der Waals surface area contributed by atoms with E-state index in [1.54, 1.807) is 0 Å². The summed E-state index contributed by atoms with van der Waals surface area (Å²) in [5, 5.41) is 20.8. The standard InChI is InChI=1S/C23H39FO4/c1-3-23(14-9-15-23)21(26)12-8-11-18-17(19(24)16-20(18)25)10-6-4-5-7-13-22(27)28-2/h8,11,17-21,25-26H,3-7,9-10,12-16H2,1-2H3/b11-8+/t17-,18-,19?,20?,21?/m1/s1. The number of esters is 1. The van der Waals surface area contributed by atoms with Crippen LogP contribution in [-0.4, -0.2) is 41.7 Å². The lowest BCUT2D eigenvalue weighted by Gasteiger charge is -2.45. The lowest BCUT2D eigenvalue weighted by atomic mass is 9.63. The molecule has 28 heavy (non-hydrogen) atoms. The second-order valence-electron chi connectivity index (χ2n) is 8.84. The summed E-state index contributed by atoms with van der Waals surface area (Å²) in [6.07, 6.45) is 12.0. The van der Waals surface area contributed by atoms with Crippen molar-refractivity contribution in [3.8, 4) is 0 Å². The van der Waals surface area contributed by atoms with Crippen molar-refractivity contribution < 1.29 is 24.1 Å². The van der Waals surface area contributed by atoms with Crippen molar-refractivity contribution in [2.45, 2.75) is 102 Å². The summed E-state index contributed by atoms with van der Waals surface area (Å²) >= 11 is 0. The molecule has 2 aliphatic rings. The predicted molar refractivity (Wildman–Crippen MR) is 109 cm³/mol. The number of alkyl halides is 1. The maximum absolute atomic E-state index is 14.4. The number of aliphatic hydroxyl groups is 2. The quantitative estimate of drug-likeness (QED) is 0.283. The molecule has 0 saturated heterocycles. The lowest BCUT2D eigenvalue weighted by Crippen LogP contribution is -2.40. The molecule has 2 aliphatic carbocycles. The molecule has 3 unspecified atom stereocenters. The molecule has 0 aromatic rings. The molecule has 0 amide bonds. The van der Waals surface area contributed by atoms with Crippen LogP contribution in [0.2, 0.25) is 0 Å². The number of rotatable bonds is 12. The van der Waals surface area contributed by atoms with Crippen LogP contribution in [0.3, 0.4) is 0 Å². The van der Waals surface area contributed by atoms with Gasteiger partial charge >= 0.3 is 5.97 Å². The number of carbonyl (C=O) groups is 1. The number of hydrogen-bond donors (Lipinski definition) is 2. The van der Waals surface area contributed by atoms with Crippen molar-refractivity contribution in [3.63, 3.8) is 0 Å². The molecule has 2 rings (SSSR count). The van der Waals surface area contributed by atoms with E-state index in [0.29, 0.717) is 12.8 Å². The van der Waals surface area contributed by atoms with E-state index in [1.165, 1.54) is 13.5 Å². The van der Waals surface area contributed by atoms with Crippen LogP contribution in [0.25, 0.3) is 0 Å². The Morgan fingerprint density at radius 3 is 2.61 bits per heavy atom. The van der Waals surface area contributed by atoms with E-state index in [-0.39, 0.29) is 35.7 Å². The zero-order chi connectivity index (χ0) is 20.6. The molecule has 0 radical (unpaired) electrons. The largest absolute Gasteiger partial charge is 0.469 e. The first-order valence-electron chi connectivity index (χ1n) is 11.2.